The molecule has 0 aromatic carbocycles. The summed E-state index contributed by atoms with van der Waals surface area (Å²) in [6, 6.07) is 0. The number of rotatable bonds is 2. The predicted octanol–water partition coefficient (Wildman–Crippen LogP) is -0.865. The smallest absolute Gasteiger partial charge is 0.195 e. The summed E-state index contributed by atoms with van der Waals surface area (Å²) < 4.78 is 0. The lowest BCUT2D eigenvalue weighted by Gasteiger charge is -1.73. The molecule has 0 saturated carbocycles. The van der Waals surface area contributed by atoms with Crippen LogP contribution in [0.3, 0.4) is 0 Å². The van der Waals surface area contributed by atoms with Crippen LogP contribution < -0.4 is 0 Å². The molecule has 0 aromatic heterocycles. The number of carbonyl (C=O) groups excluding carboxylic acids is 2. The van der Waals surface area contributed by atoms with Crippen LogP contribution in [-0.2, 0) is 9.59 Å². The summed E-state index contributed by atoms with van der Waals surface area (Å²) in [5.41, 5.74) is 0. The molecule has 0 aliphatic heterocycles. The Balaban J connectivity index is 0. The van der Waals surface area contributed by atoms with E-state index in [0.29, 0.717) is 0 Å². The molecule has 0 aliphatic carbocycles. The molecule has 60 valence electrons. The molecule has 0 amide bonds. The van der Waals surface area contributed by atoms with Gasteiger partial charge in [0.15, 0.2) is 11.6 Å². The highest BCUT2D eigenvalue weighted by molar-refractivity contribution is 6.35. The summed E-state index contributed by atoms with van der Waals surface area (Å²) >= 11 is 0. The minimum absolute atomic E-state index is 0.125. The third kappa shape index (κ3) is 15.7. The van der Waals surface area contributed by atoms with Gasteiger partial charge in [0.25, 0.3) is 0 Å². The van der Waals surface area contributed by atoms with Crippen molar-refractivity contribution < 1.29 is 19.8 Å². The molecule has 2 N–H and O–H groups in total. The first-order chi connectivity index (χ1) is 4.56. The Labute approximate surface area is 59.5 Å². The minimum atomic E-state index is -0.380. The quantitative estimate of drug-likeness (QED) is 0.499. The SMILES string of the molecule is CC(=O)C(C)=O.OCCO. The Hall–Kier alpha value is -0.740. The molecule has 0 saturated heterocycles. The molecule has 0 spiro atoms. The van der Waals surface area contributed by atoms with Crippen LogP contribution in [0.15, 0.2) is 0 Å². The molecule has 0 atom stereocenters. The van der Waals surface area contributed by atoms with Crippen LogP contribution in [0.1, 0.15) is 13.8 Å². The fraction of sp³-hybridized carbons (Fsp3) is 0.667. The van der Waals surface area contributed by atoms with Crippen molar-refractivity contribution in [3.05, 3.63) is 0 Å². The maximum atomic E-state index is 9.79. The lowest BCUT2D eigenvalue weighted by molar-refractivity contribution is -0.134. The van der Waals surface area contributed by atoms with E-state index in [4.69, 9.17) is 10.2 Å². The summed E-state index contributed by atoms with van der Waals surface area (Å²) in [5, 5.41) is 15.2. The van der Waals surface area contributed by atoms with Crippen LogP contribution in [0.2, 0.25) is 0 Å². The van der Waals surface area contributed by atoms with Gasteiger partial charge in [-0.05, 0) is 0 Å². The summed E-state index contributed by atoms with van der Waals surface area (Å²) in [7, 11) is 0. The van der Waals surface area contributed by atoms with Gasteiger partial charge >= 0.3 is 0 Å². The van der Waals surface area contributed by atoms with E-state index < -0.39 is 0 Å². The molecule has 10 heavy (non-hydrogen) atoms. The molecular formula is C6H12O4. The minimum Gasteiger partial charge on any atom is -0.394 e. The second-order valence-corrected chi connectivity index (χ2v) is 1.56. The van der Waals surface area contributed by atoms with Gasteiger partial charge in [0.2, 0.25) is 0 Å². The zero-order valence-corrected chi connectivity index (χ0v) is 6.13. The maximum absolute atomic E-state index is 9.79. The molecule has 0 heterocycles. The number of hydrogen-bond acceptors (Lipinski definition) is 4. The van der Waals surface area contributed by atoms with Crippen molar-refractivity contribution in [3.8, 4) is 0 Å². The zero-order chi connectivity index (χ0) is 8.57. The summed E-state index contributed by atoms with van der Waals surface area (Å²) in [5.74, 6) is -0.759. The van der Waals surface area contributed by atoms with Gasteiger partial charge < -0.3 is 10.2 Å². The first kappa shape index (κ1) is 12.0. The molecule has 4 heteroatoms. The van der Waals surface area contributed by atoms with Crippen LogP contribution in [-0.4, -0.2) is 35.0 Å². The summed E-state index contributed by atoms with van der Waals surface area (Å²) in [6.07, 6.45) is 0. The second kappa shape index (κ2) is 8.26. The Kier molecular flexibility index (Phi) is 9.90. The molecule has 0 unspecified atom stereocenters. The lowest BCUT2D eigenvalue weighted by Crippen LogP contribution is -2.01. The number of hydrogen-bond donors (Lipinski definition) is 2. The highest BCUT2D eigenvalue weighted by Gasteiger charge is 1.94. The van der Waals surface area contributed by atoms with E-state index in [9.17, 15) is 9.59 Å². The number of Topliss-reactive ketones (excluding diaryl/α,β-unsaturated/α-hetero) is 2. The molecule has 0 rings (SSSR count). The standard InChI is InChI=1S/C4H6O2.C2H6O2/c1-3(5)4(2)6;3-1-2-4/h1-2H3;3-4H,1-2H2. The zero-order valence-electron chi connectivity index (χ0n) is 6.13. The number of aliphatic hydroxyl groups excluding tert-OH is 2. The third-order valence-electron chi connectivity index (χ3n) is 0.596. The molecule has 0 aliphatic rings. The summed E-state index contributed by atoms with van der Waals surface area (Å²) in [4.78, 5) is 19.6. The van der Waals surface area contributed by atoms with Gasteiger partial charge in [-0.3, -0.25) is 9.59 Å². The first-order valence-electron chi connectivity index (χ1n) is 2.79. The van der Waals surface area contributed by atoms with Crippen molar-refractivity contribution >= 4 is 11.6 Å². The van der Waals surface area contributed by atoms with E-state index in [1.54, 1.807) is 0 Å². The van der Waals surface area contributed by atoms with Gasteiger partial charge in [0.1, 0.15) is 0 Å². The maximum Gasteiger partial charge on any atom is 0.195 e. The fourth-order valence-corrected chi connectivity index (χ4v) is 0. The molecule has 0 bridgehead atoms. The van der Waals surface area contributed by atoms with Gasteiger partial charge in [-0.25, -0.2) is 0 Å². The van der Waals surface area contributed by atoms with Crippen molar-refractivity contribution in [2.45, 2.75) is 13.8 Å². The van der Waals surface area contributed by atoms with Gasteiger partial charge in [-0.2, -0.15) is 0 Å². The Bertz CT molecular complexity index is 94.3. The highest BCUT2D eigenvalue weighted by atomic mass is 16.3. The Morgan fingerprint density at radius 2 is 1.20 bits per heavy atom. The van der Waals surface area contributed by atoms with Gasteiger partial charge in [-0.1, -0.05) is 0 Å². The van der Waals surface area contributed by atoms with E-state index in [-0.39, 0.29) is 24.8 Å². The summed E-state index contributed by atoms with van der Waals surface area (Å²) in [6.45, 7) is 2.25. The largest absolute Gasteiger partial charge is 0.394 e. The van der Waals surface area contributed by atoms with E-state index in [2.05, 4.69) is 0 Å². The van der Waals surface area contributed by atoms with Gasteiger partial charge in [-0.15, -0.1) is 0 Å². The van der Waals surface area contributed by atoms with E-state index >= 15 is 0 Å². The van der Waals surface area contributed by atoms with Crippen LogP contribution in [0.4, 0.5) is 0 Å². The van der Waals surface area contributed by atoms with Crippen LogP contribution in [0.25, 0.3) is 0 Å². The predicted molar refractivity (Wildman–Crippen MR) is 35.5 cm³/mol. The van der Waals surface area contributed by atoms with Crippen molar-refractivity contribution in [3.63, 3.8) is 0 Å². The molecule has 0 fully saturated rings. The molecule has 0 radical (unpaired) electrons. The normalized spacial score (nSPS) is 7.60. The van der Waals surface area contributed by atoms with Crippen LogP contribution in [0.5, 0.6) is 0 Å². The second-order valence-electron chi connectivity index (χ2n) is 1.56. The van der Waals surface area contributed by atoms with E-state index in [1.165, 1.54) is 13.8 Å². The van der Waals surface area contributed by atoms with Crippen LogP contribution >= 0.6 is 0 Å². The monoisotopic (exact) mass is 148 g/mol. The average molecular weight is 148 g/mol. The highest BCUT2D eigenvalue weighted by Crippen LogP contribution is 1.66. The first-order valence-corrected chi connectivity index (χ1v) is 2.79. The van der Waals surface area contributed by atoms with E-state index in [1.807, 2.05) is 0 Å². The third-order valence-corrected chi connectivity index (χ3v) is 0.596. The fourth-order valence-electron chi connectivity index (χ4n) is 0. The van der Waals surface area contributed by atoms with Crippen LogP contribution in [0, 0.1) is 0 Å². The van der Waals surface area contributed by atoms with Gasteiger partial charge in [0.05, 0.1) is 13.2 Å². The Morgan fingerprint density at radius 3 is 1.20 bits per heavy atom. The molecule has 4 nitrogen and oxygen atoms in total. The van der Waals surface area contributed by atoms with Crippen molar-refractivity contribution in [2.75, 3.05) is 13.2 Å². The van der Waals surface area contributed by atoms with Crippen molar-refractivity contribution in [2.24, 2.45) is 0 Å². The number of ketones is 2. The lowest BCUT2D eigenvalue weighted by atomic mass is 10.3. The number of aliphatic hydroxyl groups is 2. The topological polar surface area (TPSA) is 74.6 Å². The van der Waals surface area contributed by atoms with Crippen molar-refractivity contribution in [1.29, 1.82) is 0 Å². The van der Waals surface area contributed by atoms with E-state index in [0.717, 1.165) is 0 Å². The Morgan fingerprint density at radius 1 is 1.00 bits per heavy atom. The molecule has 0 aromatic rings. The molecular weight excluding hydrogens is 136 g/mol. The van der Waals surface area contributed by atoms with Crippen molar-refractivity contribution in [1.82, 2.24) is 0 Å². The van der Waals surface area contributed by atoms with Gasteiger partial charge in [0, 0.05) is 13.8 Å². The average Bonchev–Trinajstić information content (AvgIpc) is 1.89. The number of carbonyl (C=O) groups is 2.